The van der Waals surface area contributed by atoms with E-state index in [-0.39, 0.29) is 18.2 Å². The number of ether oxygens (including phenoxy) is 2. The zero-order valence-electron chi connectivity index (χ0n) is 14.5. The van der Waals surface area contributed by atoms with Crippen LogP contribution in [0.1, 0.15) is 40.2 Å². The smallest absolute Gasteiger partial charge is 0.412 e. The third-order valence-electron chi connectivity index (χ3n) is 3.81. The lowest BCUT2D eigenvalue weighted by Crippen LogP contribution is -2.51. The zero-order valence-corrected chi connectivity index (χ0v) is 16.7. The number of amides is 1. The number of halogens is 1. The third kappa shape index (κ3) is 4.59. The molecule has 0 aliphatic carbocycles. The van der Waals surface area contributed by atoms with Crippen LogP contribution in [-0.4, -0.2) is 38.9 Å². The van der Waals surface area contributed by atoms with E-state index in [1.54, 1.807) is 4.90 Å². The topological polar surface area (TPSA) is 38.8 Å². The van der Waals surface area contributed by atoms with Gasteiger partial charge in [0.05, 0.1) is 12.1 Å². The molecular formula is C18H26INO3. The molecule has 0 spiro atoms. The number of rotatable bonds is 3. The summed E-state index contributed by atoms with van der Waals surface area (Å²) in [4.78, 5) is 14.5. The fourth-order valence-corrected chi connectivity index (χ4v) is 3.72. The summed E-state index contributed by atoms with van der Waals surface area (Å²) in [5, 5.41) is 0. The zero-order chi connectivity index (χ0) is 17.3. The summed E-state index contributed by atoms with van der Waals surface area (Å²) in [6.07, 6.45) is 0.450. The second kappa shape index (κ2) is 6.97. The molecule has 0 unspecified atom stereocenters. The van der Waals surface area contributed by atoms with Crippen molar-refractivity contribution >= 4 is 28.7 Å². The third-order valence-corrected chi connectivity index (χ3v) is 4.68. The van der Waals surface area contributed by atoms with Gasteiger partial charge in [0.2, 0.25) is 0 Å². The molecule has 128 valence electrons. The highest BCUT2D eigenvalue weighted by Gasteiger charge is 2.50. The SMILES string of the molecule is CC(C)(C)OC(=O)N1[C@@H](Cc2ccccc2)[C@H](CI)OC1(C)C. The van der Waals surface area contributed by atoms with Crippen molar-refractivity contribution in [1.29, 1.82) is 0 Å². The molecule has 23 heavy (non-hydrogen) atoms. The lowest BCUT2D eigenvalue weighted by atomic mass is 10.0. The normalized spacial score (nSPS) is 23.8. The van der Waals surface area contributed by atoms with E-state index < -0.39 is 11.3 Å². The van der Waals surface area contributed by atoms with Crippen LogP contribution in [0.3, 0.4) is 0 Å². The molecule has 1 amide bonds. The first-order valence-corrected chi connectivity index (χ1v) is 9.46. The highest BCUT2D eigenvalue weighted by Crippen LogP contribution is 2.36. The molecule has 5 heteroatoms. The predicted octanol–water partition coefficient (Wildman–Crippen LogP) is 4.40. The molecule has 0 saturated carbocycles. The van der Waals surface area contributed by atoms with Crippen LogP contribution in [0.5, 0.6) is 0 Å². The van der Waals surface area contributed by atoms with Crippen molar-refractivity contribution in [3.63, 3.8) is 0 Å². The van der Waals surface area contributed by atoms with Crippen molar-refractivity contribution in [2.75, 3.05) is 4.43 Å². The lowest BCUT2D eigenvalue weighted by Gasteiger charge is -2.35. The molecule has 1 saturated heterocycles. The molecule has 0 N–H and O–H groups in total. The molecule has 2 atom stereocenters. The van der Waals surface area contributed by atoms with Crippen LogP contribution in [0.4, 0.5) is 4.79 Å². The summed E-state index contributed by atoms with van der Waals surface area (Å²) in [7, 11) is 0. The number of hydrogen-bond acceptors (Lipinski definition) is 3. The van der Waals surface area contributed by atoms with Crippen LogP contribution in [0.2, 0.25) is 0 Å². The maximum atomic E-state index is 12.8. The van der Waals surface area contributed by atoms with Crippen molar-refractivity contribution in [2.24, 2.45) is 0 Å². The van der Waals surface area contributed by atoms with Gasteiger partial charge in [0, 0.05) is 4.43 Å². The van der Waals surface area contributed by atoms with Crippen molar-refractivity contribution in [1.82, 2.24) is 4.90 Å². The number of nitrogens with zero attached hydrogens (tertiary/aromatic N) is 1. The van der Waals surface area contributed by atoms with Gasteiger partial charge in [0.1, 0.15) is 11.3 Å². The largest absolute Gasteiger partial charge is 0.444 e. The molecule has 0 aromatic heterocycles. The minimum Gasteiger partial charge on any atom is -0.444 e. The van der Waals surface area contributed by atoms with E-state index in [2.05, 4.69) is 34.7 Å². The fourth-order valence-electron chi connectivity index (χ4n) is 2.95. The number of alkyl halides is 1. The van der Waals surface area contributed by atoms with E-state index in [0.29, 0.717) is 0 Å². The monoisotopic (exact) mass is 431 g/mol. The van der Waals surface area contributed by atoms with Gasteiger partial charge in [-0.25, -0.2) is 4.79 Å². The van der Waals surface area contributed by atoms with Gasteiger partial charge in [-0.3, -0.25) is 4.90 Å². The van der Waals surface area contributed by atoms with Crippen LogP contribution in [0, 0.1) is 0 Å². The van der Waals surface area contributed by atoms with Crippen LogP contribution in [0.15, 0.2) is 30.3 Å². The number of benzene rings is 1. The highest BCUT2D eigenvalue weighted by atomic mass is 127. The number of hydrogen-bond donors (Lipinski definition) is 0. The van der Waals surface area contributed by atoms with Crippen LogP contribution in [-0.2, 0) is 15.9 Å². The first-order valence-electron chi connectivity index (χ1n) is 7.94. The fraction of sp³-hybridized carbons (Fsp3) is 0.611. The molecular weight excluding hydrogens is 405 g/mol. The molecule has 1 aliphatic heterocycles. The van der Waals surface area contributed by atoms with E-state index in [1.165, 1.54) is 5.56 Å². The van der Waals surface area contributed by atoms with Crippen molar-refractivity contribution in [2.45, 2.75) is 64.5 Å². The van der Waals surface area contributed by atoms with Gasteiger partial charge in [0.15, 0.2) is 0 Å². The molecule has 1 fully saturated rings. The quantitative estimate of drug-likeness (QED) is 0.526. The summed E-state index contributed by atoms with van der Waals surface area (Å²) in [6.45, 7) is 9.52. The van der Waals surface area contributed by atoms with Gasteiger partial charge in [-0.05, 0) is 46.6 Å². The predicted molar refractivity (Wildman–Crippen MR) is 99.8 cm³/mol. The van der Waals surface area contributed by atoms with E-state index in [0.717, 1.165) is 10.8 Å². The first kappa shape index (κ1) is 18.5. The average Bonchev–Trinajstić information content (AvgIpc) is 2.68. The van der Waals surface area contributed by atoms with Crippen molar-refractivity contribution in [3.8, 4) is 0 Å². The van der Waals surface area contributed by atoms with Gasteiger partial charge < -0.3 is 9.47 Å². The Morgan fingerprint density at radius 3 is 2.43 bits per heavy atom. The van der Waals surface area contributed by atoms with Crippen molar-refractivity contribution in [3.05, 3.63) is 35.9 Å². The Balaban J connectivity index is 2.28. The molecule has 2 rings (SSSR count). The minimum absolute atomic E-state index is 0.00155. The standard InChI is InChI=1S/C18H26INO3/c1-17(2,3)23-16(21)20-14(11-13-9-7-6-8-10-13)15(12-19)22-18(20,4)5/h6-10,14-15H,11-12H2,1-5H3/t14-,15-/m0/s1. The highest BCUT2D eigenvalue weighted by molar-refractivity contribution is 14.1. The summed E-state index contributed by atoms with van der Waals surface area (Å²) >= 11 is 2.32. The summed E-state index contributed by atoms with van der Waals surface area (Å²) in [5.41, 5.74) is 0.00650. The molecule has 0 bridgehead atoms. The second-order valence-corrected chi connectivity index (χ2v) is 8.25. The van der Waals surface area contributed by atoms with Gasteiger partial charge in [-0.2, -0.15) is 0 Å². The van der Waals surface area contributed by atoms with E-state index in [4.69, 9.17) is 9.47 Å². The summed E-state index contributed by atoms with van der Waals surface area (Å²) < 4.78 is 12.6. The number of carbonyl (C=O) groups is 1. The maximum Gasteiger partial charge on any atom is 0.412 e. The van der Waals surface area contributed by atoms with E-state index >= 15 is 0 Å². The molecule has 1 heterocycles. The molecule has 1 aromatic rings. The number of carbonyl (C=O) groups excluding carboxylic acids is 1. The summed E-state index contributed by atoms with van der Waals surface area (Å²) in [6, 6.07) is 10.2. The second-order valence-electron chi connectivity index (χ2n) is 7.36. The van der Waals surface area contributed by atoms with Gasteiger partial charge in [0.25, 0.3) is 0 Å². The molecule has 4 nitrogen and oxygen atoms in total. The van der Waals surface area contributed by atoms with Crippen LogP contribution < -0.4 is 0 Å². The Bertz CT molecular complexity index is 539. The molecule has 1 aliphatic rings. The Kier molecular flexibility index (Phi) is 5.61. The Hall–Kier alpha value is -0.820. The first-order chi connectivity index (χ1) is 10.6. The lowest BCUT2D eigenvalue weighted by molar-refractivity contribution is -0.0744. The van der Waals surface area contributed by atoms with Gasteiger partial charge in [-0.15, -0.1) is 0 Å². The maximum absolute atomic E-state index is 12.8. The van der Waals surface area contributed by atoms with Gasteiger partial charge in [-0.1, -0.05) is 52.9 Å². The van der Waals surface area contributed by atoms with Crippen LogP contribution in [0.25, 0.3) is 0 Å². The molecule has 1 aromatic carbocycles. The van der Waals surface area contributed by atoms with E-state index in [1.807, 2.05) is 52.8 Å². The van der Waals surface area contributed by atoms with Gasteiger partial charge >= 0.3 is 6.09 Å². The van der Waals surface area contributed by atoms with Crippen LogP contribution >= 0.6 is 22.6 Å². The Labute approximate surface area is 152 Å². The van der Waals surface area contributed by atoms with Crippen molar-refractivity contribution < 1.29 is 14.3 Å². The molecule has 0 radical (unpaired) electrons. The Morgan fingerprint density at radius 2 is 1.91 bits per heavy atom. The minimum atomic E-state index is -0.669. The Morgan fingerprint density at radius 1 is 1.30 bits per heavy atom. The van der Waals surface area contributed by atoms with E-state index in [9.17, 15) is 4.79 Å². The average molecular weight is 431 g/mol. The summed E-state index contributed by atoms with van der Waals surface area (Å²) in [5.74, 6) is 0.